The van der Waals surface area contributed by atoms with Gasteiger partial charge in [-0.05, 0) is 48.5 Å². The molecule has 2 heterocycles. The van der Waals surface area contributed by atoms with Crippen molar-refractivity contribution in [1.29, 1.82) is 0 Å². The number of benzene rings is 1. The van der Waals surface area contributed by atoms with Gasteiger partial charge in [0.15, 0.2) is 0 Å². The first-order valence-electron chi connectivity index (χ1n) is 7.35. The SMILES string of the molecule is Cn1cccc1CN(Cc1ccco1)S(=O)(=O)c1ccc(F)cc1. The maximum atomic E-state index is 13.1. The van der Waals surface area contributed by atoms with Crippen molar-refractivity contribution in [3.8, 4) is 0 Å². The Balaban J connectivity index is 1.96. The molecule has 1 aromatic carbocycles. The normalized spacial score (nSPS) is 12.0. The zero-order chi connectivity index (χ0) is 17.2. The quantitative estimate of drug-likeness (QED) is 0.688. The van der Waals surface area contributed by atoms with Gasteiger partial charge < -0.3 is 8.98 Å². The number of furan rings is 1. The van der Waals surface area contributed by atoms with Crippen molar-refractivity contribution in [1.82, 2.24) is 8.87 Å². The summed E-state index contributed by atoms with van der Waals surface area (Å²) < 4.78 is 47.5. The standard InChI is InChI=1S/C17H17FN2O3S/c1-19-10-2-4-15(19)12-20(13-16-5-3-11-23-16)24(21,22)17-8-6-14(18)7-9-17/h2-11H,12-13H2,1H3. The minimum Gasteiger partial charge on any atom is -0.468 e. The van der Waals surface area contributed by atoms with Gasteiger partial charge >= 0.3 is 0 Å². The Kier molecular flexibility index (Phi) is 4.55. The molecule has 0 aliphatic heterocycles. The van der Waals surface area contributed by atoms with Crippen LogP contribution in [0.4, 0.5) is 4.39 Å². The van der Waals surface area contributed by atoms with Gasteiger partial charge in [-0.3, -0.25) is 0 Å². The topological polar surface area (TPSA) is 55.5 Å². The highest BCUT2D eigenvalue weighted by atomic mass is 32.2. The Morgan fingerprint density at radius 2 is 1.83 bits per heavy atom. The summed E-state index contributed by atoms with van der Waals surface area (Å²) >= 11 is 0. The number of sulfonamides is 1. The summed E-state index contributed by atoms with van der Waals surface area (Å²) in [7, 11) is -1.94. The molecule has 0 amide bonds. The van der Waals surface area contributed by atoms with Gasteiger partial charge in [-0.1, -0.05) is 0 Å². The molecule has 3 rings (SSSR count). The predicted octanol–water partition coefficient (Wildman–Crippen LogP) is 3.15. The molecule has 24 heavy (non-hydrogen) atoms. The number of aromatic nitrogens is 1. The maximum Gasteiger partial charge on any atom is 0.243 e. The van der Waals surface area contributed by atoms with Gasteiger partial charge in [0.05, 0.1) is 24.2 Å². The zero-order valence-electron chi connectivity index (χ0n) is 13.1. The van der Waals surface area contributed by atoms with Crippen LogP contribution in [0.3, 0.4) is 0 Å². The van der Waals surface area contributed by atoms with E-state index in [9.17, 15) is 12.8 Å². The van der Waals surface area contributed by atoms with Crippen LogP contribution in [0.2, 0.25) is 0 Å². The summed E-state index contributed by atoms with van der Waals surface area (Å²) in [5.41, 5.74) is 0.840. The number of halogens is 1. The molecule has 126 valence electrons. The third-order valence-electron chi connectivity index (χ3n) is 3.75. The second-order valence-electron chi connectivity index (χ2n) is 5.42. The van der Waals surface area contributed by atoms with Crippen LogP contribution in [0.1, 0.15) is 11.5 Å². The van der Waals surface area contributed by atoms with E-state index in [2.05, 4.69) is 0 Å². The molecule has 5 nitrogen and oxygen atoms in total. The first-order chi connectivity index (χ1) is 11.5. The first-order valence-corrected chi connectivity index (χ1v) is 8.79. The highest BCUT2D eigenvalue weighted by molar-refractivity contribution is 7.89. The van der Waals surface area contributed by atoms with Crippen molar-refractivity contribution in [2.75, 3.05) is 0 Å². The Hall–Kier alpha value is -2.38. The average Bonchev–Trinajstić information content (AvgIpc) is 3.19. The van der Waals surface area contributed by atoms with Crippen molar-refractivity contribution in [2.45, 2.75) is 18.0 Å². The molecule has 0 N–H and O–H groups in total. The average molecular weight is 348 g/mol. The number of rotatable bonds is 6. The smallest absolute Gasteiger partial charge is 0.243 e. The van der Waals surface area contributed by atoms with Crippen molar-refractivity contribution in [2.24, 2.45) is 7.05 Å². The minimum absolute atomic E-state index is 0.0460. The fraction of sp³-hybridized carbons (Fsp3) is 0.176. The van der Waals surface area contributed by atoms with Crippen LogP contribution in [-0.2, 0) is 30.2 Å². The number of hydrogen-bond acceptors (Lipinski definition) is 3. The van der Waals surface area contributed by atoms with E-state index >= 15 is 0 Å². The van der Waals surface area contributed by atoms with Gasteiger partial charge in [0.1, 0.15) is 11.6 Å². The van der Waals surface area contributed by atoms with Crippen LogP contribution < -0.4 is 0 Å². The summed E-state index contributed by atoms with van der Waals surface area (Å²) in [6, 6.07) is 12.0. The van der Waals surface area contributed by atoms with Gasteiger partial charge in [-0.15, -0.1) is 0 Å². The minimum atomic E-state index is -3.79. The van der Waals surface area contributed by atoms with Gasteiger partial charge in [-0.2, -0.15) is 4.31 Å². The summed E-state index contributed by atoms with van der Waals surface area (Å²) in [5, 5.41) is 0. The van der Waals surface area contributed by atoms with Crippen molar-refractivity contribution < 1.29 is 17.2 Å². The largest absolute Gasteiger partial charge is 0.468 e. The van der Waals surface area contributed by atoms with Crippen molar-refractivity contribution >= 4 is 10.0 Å². The summed E-state index contributed by atoms with van der Waals surface area (Å²) in [6.07, 6.45) is 3.35. The molecular weight excluding hydrogens is 331 g/mol. The van der Waals surface area contributed by atoms with Gasteiger partial charge in [-0.25, -0.2) is 12.8 Å². The third-order valence-corrected chi connectivity index (χ3v) is 5.56. The molecule has 0 saturated carbocycles. The molecule has 2 aromatic heterocycles. The third kappa shape index (κ3) is 3.42. The van der Waals surface area contributed by atoms with E-state index < -0.39 is 15.8 Å². The molecule has 0 bridgehead atoms. The molecule has 0 aliphatic rings. The Morgan fingerprint density at radius 1 is 1.08 bits per heavy atom. The lowest BCUT2D eigenvalue weighted by Crippen LogP contribution is -2.30. The number of nitrogens with zero attached hydrogens (tertiary/aromatic N) is 2. The van der Waals surface area contributed by atoms with Crippen LogP contribution in [0.5, 0.6) is 0 Å². The van der Waals surface area contributed by atoms with Crippen LogP contribution in [0, 0.1) is 5.82 Å². The molecule has 0 radical (unpaired) electrons. The lowest BCUT2D eigenvalue weighted by atomic mass is 10.3. The van der Waals surface area contributed by atoms with E-state index in [1.807, 2.05) is 29.9 Å². The van der Waals surface area contributed by atoms with Gasteiger partial charge in [0.2, 0.25) is 10.0 Å². The van der Waals surface area contributed by atoms with Gasteiger partial charge in [0.25, 0.3) is 0 Å². The zero-order valence-corrected chi connectivity index (χ0v) is 13.9. The highest BCUT2D eigenvalue weighted by Gasteiger charge is 2.26. The van der Waals surface area contributed by atoms with Crippen LogP contribution in [-0.4, -0.2) is 17.3 Å². The summed E-state index contributed by atoms with van der Waals surface area (Å²) in [4.78, 5) is 0.0460. The molecule has 0 unspecified atom stereocenters. The monoisotopic (exact) mass is 348 g/mol. The fourth-order valence-corrected chi connectivity index (χ4v) is 3.78. The summed E-state index contributed by atoms with van der Waals surface area (Å²) in [5.74, 6) is 0.0591. The summed E-state index contributed by atoms with van der Waals surface area (Å²) in [6.45, 7) is 0.280. The van der Waals surface area contributed by atoms with Crippen molar-refractivity contribution in [3.63, 3.8) is 0 Å². The Morgan fingerprint density at radius 3 is 2.42 bits per heavy atom. The Bertz CT molecular complexity index is 900. The van der Waals surface area contributed by atoms with Crippen molar-refractivity contribution in [3.05, 3.63) is 78.3 Å². The second-order valence-corrected chi connectivity index (χ2v) is 7.35. The molecule has 0 aliphatic carbocycles. The molecule has 0 atom stereocenters. The highest BCUT2D eigenvalue weighted by Crippen LogP contribution is 2.21. The van der Waals surface area contributed by atoms with E-state index in [0.717, 1.165) is 17.8 Å². The second kappa shape index (κ2) is 6.62. The first kappa shape index (κ1) is 16.5. The Labute approximate surface area is 140 Å². The molecular formula is C17H17FN2O3S. The number of hydrogen-bond donors (Lipinski definition) is 0. The molecule has 3 aromatic rings. The van der Waals surface area contributed by atoms with E-state index in [1.54, 1.807) is 12.1 Å². The number of aryl methyl sites for hydroxylation is 1. The van der Waals surface area contributed by atoms with Gasteiger partial charge in [0, 0.05) is 18.9 Å². The molecule has 0 saturated heterocycles. The predicted molar refractivity (Wildman–Crippen MR) is 87.0 cm³/mol. The molecule has 0 fully saturated rings. The van der Waals surface area contributed by atoms with E-state index in [1.165, 1.54) is 22.7 Å². The molecule has 0 spiro atoms. The molecule has 7 heteroatoms. The van der Waals surface area contributed by atoms with Crippen LogP contribution >= 0.6 is 0 Å². The van der Waals surface area contributed by atoms with E-state index in [0.29, 0.717) is 5.76 Å². The lowest BCUT2D eigenvalue weighted by molar-refractivity contribution is 0.352. The van der Waals surface area contributed by atoms with E-state index in [-0.39, 0.29) is 18.0 Å². The maximum absolute atomic E-state index is 13.1. The van der Waals surface area contributed by atoms with E-state index in [4.69, 9.17) is 4.42 Å². The fourth-order valence-electron chi connectivity index (χ4n) is 2.40. The lowest BCUT2D eigenvalue weighted by Gasteiger charge is -2.21. The van der Waals surface area contributed by atoms with Crippen LogP contribution in [0.25, 0.3) is 0 Å². The van der Waals surface area contributed by atoms with Crippen LogP contribution in [0.15, 0.2) is 70.3 Å².